The molecule has 2 saturated heterocycles. The summed E-state index contributed by atoms with van der Waals surface area (Å²) < 4.78 is 14.6. The molecule has 7 heteroatoms. The van der Waals surface area contributed by atoms with Crippen LogP contribution in [0.15, 0.2) is 0 Å². The highest BCUT2D eigenvalue weighted by molar-refractivity contribution is 5.69. The van der Waals surface area contributed by atoms with Crippen LogP contribution in [-0.4, -0.2) is 72.1 Å². The Morgan fingerprint density at radius 3 is 2.07 bits per heavy atom. The zero-order chi connectivity index (χ0) is 19.9. The molecule has 160 valence electrons. The van der Waals surface area contributed by atoms with Crippen LogP contribution in [0.2, 0.25) is 0 Å². The molecule has 4 atom stereocenters. The molecular weight excluding hydrogens is 352 g/mol. The van der Waals surface area contributed by atoms with E-state index < -0.39 is 24.4 Å². The van der Waals surface area contributed by atoms with Gasteiger partial charge in [0.2, 0.25) is 0 Å². The van der Waals surface area contributed by atoms with E-state index in [1.54, 1.807) is 0 Å². The largest absolute Gasteiger partial charge is 0.463 e. The van der Waals surface area contributed by atoms with E-state index in [-0.39, 0.29) is 19.2 Å². The fourth-order valence-corrected chi connectivity index (χ4v) is 2.89. The Bertz CT molecular complexity index is 373. The van der Waals surface area contributed by atoms with E-state index in [0.717, 1.165) is 32.5 Å². The first kappa shape index (κ1) is 24.3. The molecule has 0 radical (unpaired) electrons. The smallest absolute Gasteiger partial charge is 0.305 e. The third-order valence-corrected chi connectivity index (χ3v) is 4.67. The molecule has 0 amide bonds. The van der Waals surface area contributed by atoms with Crippen molar-refractivity contribution in [3.8, 4) is 0 Å². The highest BCUT2D eigenvalue weighted by Gasteiger charge is 2.39. The topological polar surface area (TPSA) is 109 Å². The second-order valence-corrected chi connectivity index (χ2v) is 7.30. The first-order chi connectivity index (χ1) is 13.1. The summed E-state index contributed by atoms with van der Waals surface area (Å²) in [6.07, 6.45) is 6.84. The van der Waals surface area contributed by atoms with Crippen LogP contribution in [0.1, 0.15) is 71.1 Å². The minimum absolute atomic E-state index is 0.0186. The minimum Gasteiger partial charge on any atom is -0.463 e. The average Bonchev–Trinajstić information content (AvgIpc) is 3.50. The van der Waals surface area contributed by atoms with E-state index in [4.69, 9.17) is 9.47 Å². The van der Waals surface area contributed by atoms with Crippen LogP contribution in [0.25, 0.3) is 0 Å². The molecule has 0 spiro atoms. The van der Waals surface area contributed by atoms with Crippen molar-refractivity contribution in [2.24, 2.45) is 0 Å². The van der Waals surface area contributed by atoms with Crippen LogP contribution in [0, 0.1) is 0 Å². The van der Waals surface area contributed by atoms with Gasteiger partial charge in [0, 0.05) is 6.42 Å². The van der Waals surface area contributed by atoms with Gasteiger partial charge < -0.3 is 29.5 Å². The first-order valence-corrected chi connectivity index (χ1v) is 10.5. The van der Waals surface area contributed by atoms with Gasteiger partial charge in [0.15, 0.2) is 0 Å². The van der Waals surface area contributed by atoms with Crippen LogP contribution in [0.3, 0.4) is 0 Å². The van der Waals surface area contributed by atoms with E-state index in [0.29, 0.717) is 6.42 Å². The molecule has 0 saturated carbocycles. The third-order valence-electron chi connectivity index (χ3n) is 4.67. The van der Waals surface area contributed by atoms with Gasteiger partial charge in [0.1, 0.15) is 31.0 Å². The van der Waals surface area contributed by atoms with Crippen molar-refractivity contribution >= 4 is 5.97 Å². The zero-order valence-corrected chi connectivity index (χ0v) is 16.7. The standard InChI is InChI=1S/C18H34O6.C2H4O/c1-2-3-4-5-6-7-8-9-10-11-16(21)23-13-15(20)18-17(22)14(19)12-24-18;1-2-3-1/h14-15,17-20,22H,2-13H2,1H3;1-2H2/t14-,15+,17+,18+;/m0./s1. The zero-order valence-electron chi connectivity index (χ0n) is 16.7. The number of rotatable bonds is 13. The number of carbonyl (C=O) groups is 1. The van der Waals surface area contributed by atoms with Gasteiger partial charge >= 0.3 is 5.97 Å². The predicted molar refractivity (Wildman–Crippen MR) is 101 cm³/mol. The quantitative estimate of drug-likeness (QED) is 0.250. The Balaban J connectivity index is 0.00000110. The molecule has 2 rings (SSSR count). The second kappa shape index (κ2) is 15.2. The molecule has 2 aliphatic heterocycles. The molecule has 2 aliphatic rings. The molecule has 0 unspecified atom stereocenters. The van der Waals surface area contributed by atoms with Crippen molar-refractivity contribution in [1.82, 2.24) is 0 Å². The SMILES string of the molecule is C1CO1.CCCCCCCCCCCC(=O)OC[C@@H](O)[C@H]1OC[C@H](O)[C@H]1O. The van der Waals surface area contributed by atoms with Gasteiger partial charge in [-0.3, -0.25) is 4.79 Å². The van der Waals surface area contributed by atoms with Crippen molar-refractivity contribution in [3.05, 3.63) is 0 Å². The number of epoxide rings is 1. The lowest BCUT2D eigenvalue weighted by Gasteiger charge is -2.20. The number of aliphatic hydroxyl groups is 3. The maximum atomic E-state index is 11.6. The molecule has 0 aliphatic carbocycles. The average molecular weight is 391 g/mol. The molecular formula is C20H38O7. The molecule has 3 N–H and O–H groups in total. The summed E-state index contributed by atoms with van der Waals surface area (Å²) in [6.45, 7) is 3.98. The van der Waals surface area contributed by atoms with Gasteiger partial charge in [-0.15, -0.1) is 0 Å². The molecule has 7 nitrogen and oxygen atoms in total. The van der Waals surface area contributed by atoms with Gasteiger partial charge in [-0.05, 0) is 6.42 Å². The van der Waals surface area contributed by atoms with Crippen LogP contribution in [-0.2, 0) is 19.0 Å². The summed E-state index contributed by atoms with van der Waals surface area (Å²) in [7, 11) is 0. The van der Waals surface area contributed by atoms with Gasteiger partial charge in [0.05, 0.1) is 19.8 Å². The summed E-state index contributed by atoms with van der Waals surface area (Å²) in [5.74, 6) is -0.343. The number of hydrogen-bond donors (Lipinski definition) is 3. The van der Waals surface area contributed by atoms with Crippen molar-refractivity contribution in [2.45, 2.75) is 95.5 Å². The Labute approximate surface area is 163 Å². The molecule has 27 heavy (non-hydrogen) atoms. The fourth-order valence-electron chi connectivity index (χ4n) is 2.89. The minimum atomic E-state index is -1.14. The van der Waals surface area contributed by atoms with Crippen LogP contribution in [0.4, 0.5) is 0 Å². The van der Waals surface area contributed by atoms with Gasteiger partial charge in [0.25, 0.3) is 0 Å². The number of ether oxygens (including phenoxy) is 3. The Kier molecular flexibility index (Phi) is 13.7. The predicted octanol–water partition coefficient (Wildman–Crippen LogP) is 1.95. The summed E-state index contributed by atoms with van der Waals surface area (Å²) >= 11 is 0. The number of aliphatic hydroxyl groups excluding tert-OH is 3. The second-order valence-electron chi connectivity index (χ2n) is 7.30. The number of unbranched alkanes of at least 4 members (excludes halogenated alkanes) is 8. The lowest BCUT2D eigenvalue weighted by Crippen LogP contribution is -2.41. The highest BCUT2D eigenvalue weighted by atomic mass is 16.6. The molecule has 0 bridgehead atoms. The van der Waals surface area contributed by atoms with Gasteiger partial charge in [-0.2, -0.15) is 0 Å². The number of hydrogen-bond acceptors (Lipinski definition) is 7. The molecule has 2 fully saturated rings. The summed E-state index contributed by atoms with van der Waals surface area (Å²) in [6, 6.07) is 0. The molecule has 0 aromatic heterocycles. The molecule has 0 aromatic rings. The highest BCUT2D eigenvalue weighted by Crippen LogP contribution is 2.18. The fraction of sp³-hybridized carbons (Fsp3) is 0.950. The lowest BCUT2D eigenvalue weighted by atomic mass is 10.1. The molecule has 0 aromatic carbocycles. The Morgan fingerprint density at radius 2 is 1.59 bits per heavy atom. The number of esters is 1. The van der Waals surface area contributed by atoms with Crippen LogP contribution in [0.5, 0.6) is 0 Å². The lowest BCUT2D eigenvalue weighted by molar-refractivity contribution is -0.151. The van der Waals surface area contributed by atoms with Crippen molar-refractivity contribution in [1.29, 1.82) is 0 Å². The maximum Gasteiger partial charge on any atom is 0.305 e. The van der Waals surface area contributed by atoms with Crippen molar-refractivity contribution in [3.63, 3.8) is 0 Å². The van der Waals surface area contributed by atoms with Crippen molar-refractivity contribution < 1.29 is 34.3 Å². The van der Waals surface area contributed by atoms with E-state index in [1.807, 2.05) is 0 Å². The maximum absolute atomic E-state index is 11.6. The van der Waals surface area contributed by atoms with Crippen LogP contribution >= 0.6 is 0 Å². The summed E-state index contributed by atoms with van der Waals surface area (Å²) in [5, 5.41) is 28.8. The Hall–Kier alpha value is -0.730. The number of carbonyl (C=O) groups excluding carboxylic acids is 1. The summed E-state index contributed by atoms with van der Waals surface area (Å²) in [5.41, 5.74) is 0. The van der Waals surface area contributed by atoms with E-state index >= 15 is 0 Å². The normalized spacial score (nSPS) is 24.8. The third kappa shape index (κ3) is 12.4. The van der Waals surface area contributed by atoms with Crippen molar-refractivity contribution in [2.75, 3.05) is 26.4 Å². The van der Waals surface area contributed by atoms with Crippen LogP contribution < -0.4 is 0 Å². The monoisotopic (exact) mass is 390 g/mol. The molecule has 2 heterocycles. The first-order valence-electron chi connectivity index (χ1n) is 10.5. The van der Waals surface area contributed by atoms with E-state index in [9.17, 15) is 20.1 Å². The summed E-state index contributed by atoms with van der Waals surface area (Å²) in [4.78, 5) is 11.6. The van der Waals surface area contributed by atoms with Gasteiger partial charge in [-0.1, -0.05) is 58.3 Å². The van der Waals surface area contributed by atoms with Gasteiger partial charge in [-0.25, -0.2) is 0 Å². The van der Waals surface area contributed by atoms with E-state index in [1.165, 1.54) is 38.5 Å². The van der Waals surface area contributed by atoms with E-state index in [2.05, 4.69) is 11.7 Å². The Morgan fingerprint density at radius 1 is 1.04 bits per heavy atom.